The van der Waals surface area contributed by atoms with Gasteiger partial charge in [0.05, 0.1) is 17.6 Å². The number of aromatic nitrogens is 4. The van der Waals surface area contributed by atoms with Gasteiger partial charge in [0.2, 0.25) is 5.71 Å². The number of furan rings is 1. The average Bonchev–Trinajstić information content (AvgIpc) is 3.11. The summed E-state index contributed by atoms with van der Waals surface area (Å²) in [6, 6.07) is 3.93. The highest BCUT2D eigenvalue weighted by atomic mass is 16.5. The summed E-state index contributed by atoms with van der Waals surface area (Å²) in [5.41, 5.74) is 5.06. The van der Waals surface area contributed by atoms with Gasteiger partial charge >= 0.3 is 0 Å². The monoisotopic (exact) mass is 404 g/mol. The lowest BCUT2D eigenvalue weighted by molar-refractivity contribution is -0.0395. The second kappa shape index (κ2) is 6.91. The predicted octanol–water partition coefficient (Wildman–Crippen LogP) is 3.70. The van der Waals surface area contributed by atoms with E-state index >= 15 is 0 Å². The first-order valence-corrected chi connectivity index (χ1v) is 9.96. The van der Waals surface area contributed by atoms with Crippen molar-refractivity contribution in [1.82, 2.24) is 19.9 Å². The van der Waals surface area contributed by atoms with Crippen LogP contribution in [0.2, 0.25) is 0 Å². The fourth-order valence-electron chi connectivity index (χ4n) is 3.97. The van der Waals surface area contributed by atoms with Gasteiger partial charge < -0.3 is 19.4 Å². The molecular formula is C22H24N6O2. The third-order valence-corrected chi connectivity index (χ3v) is 5.41. The average molecular weight is 404 g/mol. The molecule has 0 atom stereocenters. The summed E-state index contributed by atoms with van der Waals surface area (Å²) >= 11 is 0. The van der Waals surface area contributed by atoms with E-state index in [0.29, 0.717) is 30.3 Å². The van der Waals surface area contributed by atoms with Crippen LogP contribution in [0.1, 0.15) is 30.5 Å². The summed E-state index contributed by atoms with van der Waals surface area (Å²) in [6.45, 7) is 5.32. The van der Waals surface area contributed by atoms with Crippen molar-refractivity contribution in [2.75, 3.05) is 24.3 Å². The van der Waals surface area contributed by atoms with Gasteiger partial charge in [-0.3, -0.25) is 4.98 Å². The van der Waals surface area contributed by atoms with Crippen molar-refractivity contribution in [3.8, 4) is 0 Å². The van der Waals surface area contributed by atoms with Crippen LogP contribution in [0.25, 0.3) is 22.2 Å². The van der Waals surface area contributed by atoms with Crippen molar-refractivity contribution in [2.45, 2.75) is 39.0 Å². The number of fused-ring (bicyclic) bond motifs is 5. The zero-order chi connectivity index (χ0) is 20.9. The minimum absolute atomic E-state index is 0.261. The topological polar surface area (TPSA) is 89.2 Å². The first kappa shape index (κ1) is 18.7. The summed E-state index contributed by atoms with van der Waals surface area (Å²) < 4.78 is 12.3. The smallest absolute Gasteiger partial charge is 0.231 e. The molecule has 8 nitrogen and oxygen atoms in total. The van der Waals surface area contributed by atoms with Gasteiger partial charge in [0.25, 0.3) is 0 Å². The van der Waals surface area contributed by atoms with Crippen molar-refractivity contribution >= 4 is 33.8 Å². The molecule has 30 heavy (non-hydrogen) atoms. The number of ether oxygens (including phenoxy) is 1. The van der Waals surface area contributed by atoms with Gasteiger partial charge in [0, 0.05) is 45.0 Å². The van der Waals surface area contributed by atoms with Crippen LogP contribution in [0, 0.1) is 0 Å². The Morgan fingerprint density at radius 1 is 1.20 bits per heavy atom. The summed E-state index contributed by atoms with van der Waals surface area (Å²) in [7, 11) is 3.97. The SMILES string of the molecule is CN(C)c1nc2oc3c(NCc4cccnc4)ncnc3c2c2c1COC(C)(C)C2. The molecular weight excluding hydrogens is 380 g/mol. The fraction of sp³-hybridized carbons (Fsp3) is 0.364. The highest BCUT2D eigenvalue weighted by Gasteiger charge is 2.32. The molecule has 0 aliphatic carbocycles. The summed E-state index contributed by atoms with van der Waals surface area (Å²) in [5, 5.41) is 4.30. The lowest BCUT2D eigenvalue weighted by atomic mass is 9.90. The third kappa shape index (κ3) is 3.13. The van der Waals surface area contributed by atoms with Crippen LogP contribution in [0.5, 0.6) is 0 Å². The van der Waals surface area contributed by atoms with Crippen molar-refractivity contribution in [2.24, 2.45) is 0 Å². The van der Waals surface area contributed by atoms with Crippen molar-refractivity contribution in [1.29, 1.82) is 0 Å². The maximum Gasteiger partial charge on any atom is 0.231 e. The predicted molar refractivity (Wildman–Crippen MR) is 116 cm³/mol. The molecule has 1 aliphatic rings. The third-order valence-electron chi connectivity index (χ3n) is 5.41. The van der Waals surface area contributed by atoms with Crippen LogP contribution in [0.4, 0.5) is 11.6 Å². The molecule has 5 heterocycles. The fourth-order valence-corrected chi connectivity index (χ4v) is 3.97. The highest BCUT2D eigenvalue weighted by molar-refractivity contribution is 6.07. The minimum Gasteiger partial charge on any atom is -0.432 e. The van der Waals surface area contributed by atoms with Crippen LogP contribution in [-0.4, -0.2) is 39.6 Å². The standard InChI is InChI=1S/C22H24N6O2/c1-22(2)8-14-15(11-29-22)20(28(3)4)27-21-16(14)17-18(30-21)19(26-12-25-17)24-10-13-6-5-7-23-9-13/h5-7,9,12H,8,10-11H2,1-4H3,(H,24,25,26). The van der Waals surface area contributed by atoms with E-state index in [1.54, 1.807) is 12.5 Å². The zero-order valence-corrected chi connectivity index (χ0v) is 17.6. The summed E-state index contributed by atoms with van der Waals surface area (Å²) in [4.78, 5) is 19.9. The van der Waals surface area contributed by atoms with E-state index in [1.165, 1.54) is 5.56 Å². The Bertz CT molecular complexity index is 1230. The highest BCUT2D eigenvalue weighted by Crippen LogP contribution is 2.41. The molecule has 0 fully saturated rings. The van der Waals surface area contributed by atoms with Crippen LogP contribution >= 0.6 is 0 Å². The van der Waals surface area contributed by atoms with Crippen LogP contribution < -0.4 is 10.2 Å². The molecule has 8 heteroatoms. The Morgan fingerprint density at radius 2 is 2.07 bits per heavy atom. The number of rotatable bonds is 4. The first-order chi connectivity index (χ1) is 14.4. The second-order valence-electron chi connectivity index (χ2n) is 8.41. The Balaban J connectivity index is 1.67. The molecule has 0 bridgehead atoms. The minimum atomic E-state index is -0.261. The number of nitrogens with one attached hydrogen (secondary N) is 1. The molecule has 0 amide bonds. The van der Waals surface area contributed by atoms with Gasteiger partial charge in [0.15, 0.2) is 11.4 Å². The Hall–Kier alpha value is -3.26. The first-order valence-electron chi connectivity index (χ1n) is 9.96. The quantitative estimate of drug-likeness (QED) is 0.551. The lowest BCUT2D eigenvalue weighted by Crippen LogP contribution is -2.33. The van der Waals surface area contributed by atoms with Gasteiger partial charge in [-0.25, -0.2) is 9.97 Å². The molecule has 0 aromatic carbocycles. The maximum absolute atomic E-state index is 6.22. The normalized spacial score (nSPS) is 15.3. The molecule has 0 saturated heterocycles. The van der Waals surface area contributed by atoms with E-state index in [0.717, 1.165) is 34.3 Å². The van der Waals surface area contributed by atoms with Gasteiger partial charge in [-0.05, 0) is 31.0 Å². The Morgan fingerprint density at radius 3 is 2.83 bits per heavy atom. The van der Waals surface area contributed by atoms with Crippen LogP contribution in [-0.2, 0) is 24.3 Å². The lowest BCUT2D eigenvalue weighted by Gasteiger charge is -2.33. The van der Waals surface area contributed by atoms with E-state index in [4.69, 9.17) is 14.1 Å². The molecule has 0 unspecified atom stereocenters. The van der Waals surface area contributed by atoms with Gasteiger partial charge in [-0.2, -0.15) is 4.98 Å². The van der Waals surface area contributed by atoms with E-state index in [2.05, 4.69) is 34.1 Å². The molecule has 0 saturated carbocycles. The number of anilines is 2. The molecule has 4 aromatic heterocycles. The molecule has 154 valence electrons. The second-order valence-corrected chi connectivity index (χ2v) is 8.41. The Kier molecular flexibility index (Phi) is 4.32. The van der Waals surface area contributed by atoms with Crippen molar-refractivity contribution in [3.63, 3.8) is 0 Å². The number of nitrogens with zero attached hydrogens (tertiary/aromatic N) is 5. The van der Waals surface area contributed by atoms with Crippen molar-refractivity contribution < 1.29 is 9.15 Å². The van der Waals surface area contributed by atoms with E-state index < -0.39 is 0 Å². The number of pyridine rings is 2. The number of hydrogen-bond acceptors (Lipinski definition) is 8. The molecule has 1 aliphatic heterocycles. The van der Waals surface area contributed by atoms with Gasteiger partial charge in [-0.1, -0.05) is 6.07 Å². The van der Waals surface area contributed by atoms with Crippen LogP contribution in [0.3, 0.4) is 0 Å². The Labute approximate surface area is 174 Å². The summed E-state index contributed by atoms with van der Waals surface area (Å²) in [5.74, 6) is 1.51. The molecule has 4 aromatic rings. The molecule has 1 N–H and O–H groups in total. The summed E-state index contributed by atoms with van der Waals surface area (Å²) in [6.07, 6.45) is 5.92. The van der Waals surface area contributed by atoms with E-state index in [-0.39, 0.29) is 5.60 Å². The largest absolute Gasteiger partial charge is 0.432 e. The zero-order valence-electron chi connectivity index (χ0n) is 17.6. The molecule has 0 spiro atoms. The van der Waals surface area contributed by atoms with E-state index in [9.17, 15) is 0 Å². The maximum atomic E-state index is 6.22. The van der Waals surface area contributed by atoms with Crippen molar-refractivity contribution in [3.05, 3.63) is 47.5 Å². The van der Waals surface area contributed by atoms with E-state index in [1.807, 2.05) is 37.3 Å². The van der Waals surface area contributed by atoms with Gasteiger partial charge in [0.1, 0.15) is 17.7 Å². The molecule has 0 radical (unpaired) electrons. The van der Waals surface area contributed by atoms with Crippen LogP contribution in [0.15, 0.2) is 35.3 Å². The van der Waals surface area contributed by atoms with Gasteiger partial charge in [-0.15, -0.1) is 0 Å². The number of hydrogen-bond donors (Lipinski definition) is 1. The molecule has 5 rings (SSSR count).